The first-order chi connectivity index (χ1) is 23.8. The van der Waals surface area contributed by atoms with E-state index in [9.17, 15) is 9.13 Å². The molecule has 3 heterocycles. The van der Waals surface area contributed by atoms with Crippen LogP contribution in [0.25, 0.3) is 0 Å². The first-order valence-electron chi connectivity index (χ1n) is 16.1. The molecule has 1 saturated heterocycles. The highest BCUT2D eigenvalue weighted by atomic mass is 31.1. The Bertz CT molecular complexity index is 1770. The minimum Gasteiger partial charge on any atom is -0.497 e. The molecule has 2 unspecified atom stereocenters. The molecule has 0 spiro atoms. The summed E-state index contributed by atoms with van der Waals surface area (Å²) >= 11 is 0. The van der Waals surface area contributed by atoms with Gasteiger partial charge < -0.3 is 14.8 Å². The van der Waals surface area contributed by atoms with Gasteiger partial charge in [-0.05, 0) is 60.7 Å². The van der Waals surface area contributed by atoms with Crippen LogP contribution in [-0.2, 0) is 22.2 Å². The molecule has 250 valence electrons. The van der Waals surface area contributed by atoms with Crippen molar-refractivity contribution in [3.63, 3.8) is 0 Å². The van der Waals surface area contributed by atoms with Crippen molar-refractivity contribution in [2.75, 3.05) is 66.8 Å². The van der Waals surface area contributed by atoms with Crippen molar-refractivity contribution in [2.45, 2.75) is 13.1 Å². The molecule has 2 atom stereocenters. The van der Waals surface area contributed by atoms with Gasteiger partial charge in [-0.3, -0.25) is 9.80 Å². The van der Waals surface area contributed by atoms with Crippen molar-refractivity contribution in [1.82, 2.24) is 25.1 Å². The number of hydrogen-bond acceptors (Lipinski definition) is 9. The maximum Gasteiger partial charge on any atom is 0.393 e. The molecular weight excluding hydrogens is 652 g/mol. The van der Waals surface area contributed by atoms with Gasteiger partial charge in [0.1, 0.15) is 24.8 Å². The Morgan fingerprint density at radius 1 is 0.612 bits per heavy atom. The Kier molecular flexibility index (Phi) is 13.0. The molecule has 2 aromatic heterocycles. The van der Waals surface area contributed by atoms with Crippen LogP contribution >= 0.6 is 15.6 Å². The zero-order valence-corrected chi connectivity index (χ0v) is 30.2. The van der Waals surface area contributed by atoms with Crippen LogP contribution in [0.1, 0.15) is 33.6 Å². The van der Waals surface area contributed by atoms with Crippen LogP contribution in [-0.4, -0.2) is 86.6 Å². The lowest BCUT2D eigenvalue weighted by atomic mass is 10.1. The van der Waals surface area contributed by atoms with E-state index in [-0.39, 0.29) is 0 Å². The first-order valence-corrected chi connectivity index (χ1v) is 19.5. The average Bonchev–Trinajstić information content (AvgIpc) is 3.22. The van der Waals surface area contributed by atoms with Crippen LogP contribution < -0.4 is 25.7 Å². The molecule has 0 amide bonds. The average molecular weight is 694 g/mol. The Labute approximate surface area is 291 Å². The zero-order chi connectivity index (χ0) is 34.6. The maximum absolute atomic E-state index is 12.5. The van der Waals surface area contributed by atoms with E-state index in [4.69, 9.17) is 19.4 Å². The van der Waals surface area contributed by atoms with E-state index in [1.807, 2.05) is 72.8 Å². The van der Waals surface area contributed by atoms with Crippen molar-refractivity contribution in [3.8, 4) is 35.2 Å². The molecule has 49 heavy (non-hydrogen) atoms. The predicted octanol–water partition coefficient (Wildman–Crippen LogP) is 4.37. The van der Waals surface area contributed by atoms with Crippen molar-refractivity contribution >= 4 is 26.5 Å². The van der Waals surface area contributed by atoms with E-state index >= 15 is 0 Å². The second-order valence-corrected chi connectivity index (χ2v) is 14.6. The molecular formula is C38H41N5O4P2+2. The monoisotopic (exact) mass is 693 g/mol. The lowest BCUT2D eigenvalue weighted by Crippen LogP contribution is -2.36. The largest absolute Gasteiger partial charge is 0.497 e. The van der Waals surface area contributed by atoms with Crippen LogP contribution in [0.5, 0.6) is 11.5 Å². The number of ether oxygens (including phenoxy) is 2. The second kappa shape index (κ2) is 17.8. The van der Waals surface area contributed by atoms with Crippen LogP contribution in [0, 0.1) is 23.7 Å². The third kappa shape index (κ3) is 11.0. The topological polar surface area (TPSA) is 96.9 Å². The number of aromatic nitrogens is 2. The molecule has 0 aliphatic carbocycles. The third-order valence-corrected chi connectivity index (χ3v) is 9.72. The highest BCUT2D eigenvalue weighted by Crippen LogP contribution is 2.18. The zero-order valence-electron chi connectivity index (χ0n) is 28.4. The van der Waals surface area contributed by atoms with E-state index in [2.05, 4.69) is 38.8 Å². The maximum atomic E-state index is 12.5. The van der Waals surface area contributed by atoms with Gasteiger partial charge in [-0.15, -0.1) is 0 Å². The molecule has 2 aromatic carbocycles. The normalized spacial score (nSPS) is 14.5. The fourth-order valence-electron chi connectivity index (χ4n) is 5.29. The van der Waals surface area contributed by atoms with Crippen LogP contribution in [0.15, 0.2) is 72.8 Å². The molecule has 0 saturated carbocycles. The number of methoxy groups -OCH3 is 2. The quantitative estimate of drug-likeness (QED) is 0.213. The fourth-order valence-corrected chi connectivity index (χ4v) is 6.47. The Balaban J connectivity index is 1.30. The van der Waals surface area contributed by atoms with Crippen molar-refractivity contribution < 1.29 is 18.6 Å². The van der Waals surface area contributed by atoms with E-state index in [1.165, 1.54) is 0 Å². The number of nitrogens with one attached hydrogen (secondary N) is 1. The van der Waals surface area contributed by atoms with Gasteiger partial charge in [0.15, 0.2) is 0 Å². The molecule has 1 N–H and O–H groups in total. The summed E-state index contributed by atoms with van der Waals surface area (Å²) in [7, 11) is 0.0194. The lowest BCUT2D eigenvalue weighted by Gasteiger charge is -2.25. The van der Waals surface area contributed by atoms with Gasteiger partial charge in [0.05, 0.1) is 25.6 Å². The van der Waals surface area contributed by atoms with E-state index in [1.54, 1.807) is 27.5 Å². The van der Waals surface area contributed by atoms with Crippen molar-refractivity contribution in [1.29, 1.82) is 0 Å². The SMILES string of the molecule is COc1ccc(C#Cc2cc(CN3CCNCCN(Cc4cc(C#Cc5ccc(OC)cc5)cc([P+](C)=O)n4)CC3)nc([P+](C)=O)c2)cc1. The van der Waals surface area contributed by atoms with Gasteiger partial charge in [0, 0.05) is 86.7 Å². The first kappa shape index (κ1) is 35.8. The highest BCUT2D eigenvalue weighted by Gasteiger charge is 2.21. The molecule has 0 bridgehead atoms. The van der Waals surface area contributed by atoms with E-state index in [0.717, 1.165) is 84.4 Å². The molecule has 5 rings (SSSR count). The minimum atomic E-state index is -1.63. The molecule has 1 fully saturated rings. The standard InChI is InChI=1S/C38H41N5O4P2/c1-46-35-13-9-29(10-14-35)5-7-31-23-33(40-37(25-31)48(3)44)27-42-19-17-39-18-20-43(22-21-42)28-34-24-32(26-38(41-34)49(4)45)8-6-30-11-15-36(47-2)16-12-30/h9-16,23-26,39H,17-22,27-28H2,1-4H3/q+2. The van der Waals surface area contributed by atoms with Crippen LogP contribution in [0.2, 0.25) is 0 Å². The van der Waals surface area contributed by atoms with Crippen molar-refractivity contribution in [2.24, 2.45) is 0 Å². The lowest BCUT2D eigenvalue weighted by molar-refractivity contribution is 0.207. The Hall–Kier alpha value is -4.46. The van der Waals surface area contributed by atoms with Crippen LogP contribution in [0.3, 0.4) is 0 Å². The third-order valence-electron chi connectivity index (χ3n) is 7.97. The summed E-state index contributed by atoms with van der Waals surface area (Å²) in [4.78, 5) is 14.2. The summed E-state index contributed by atoms with van der Waals surface area (Å²) in [5.41, 5.74) is 6.11. The Morgan fingerprint density at radius 3 is 1.37 bits per heavy atom. The van der Waals surface area contributed by atoms with Gasteiger partial charge >= 0.3 is 15.6 Å². The molecule has 9 nitrogen and oxygen atoms in total. The molecule has 1 aliphatic heterocycles. The number of hydrogen-bond donors (Lipinski definition) is 1. The van der Waals surface area contributed by atoms with Gasteiger partial charge in [-0.25, -0.2) is 9.97 Å². The number of rotatable bonds is 8. The fraction of sp³-hybridized carbons (Fsp3) is 0.316. The van der Waals surface area contributed by atoms with Gasteiger partial charge in [-0.1, -0.05) is 32.8 Å². The summed E-state index contributed by atoms with van der Waals surface area (Å²) in [6.07, 6.45) is 0. The minimum absolute atomic E-state index is 0.557. The number of nitrogens with zero attached hydrogens (tertiary/aromatic N) is 4. The second-order valence-electron chi connectivity index (χ2n) is 11.7. The molecule has 11 heteroatoms. The summed E-state index contributed by atoms with van der Waals surface area (Å²) < 4.78 is 35.6. The van der Waals surface area contributed by atoms with E-state index < -0.39 is 15.6 Å². The van der Waals surface area contributed by atoms with E-state index in [0.29, 0.717) is 24.0 Å². The molecule has 0 radical (unpaired) electrons. The van der Waals surface area contributed by atoms with Gasteiger partial charge in [0.2, 0.25) is 0 Å². The molecule has 1 aliphatic rings. The van der Waals surface area contributed by atoms with Crippen molar-refractivity contribution in [3.05, 3.63) is 106 Å². The van der Waals surface area contributed by atoms with Crippen LogP contribution in [0.4, 0.5) is 0 Å². The smallest absolute Gasteiger partial charge is 0.393 e. The molecule has 4 aromatic rings. The number of pyridine rings is 2. The Morgan fingerprint density at radius 2 is 1.00 bits per heavy atom. The van der Waals surface area contributed by atoms with Gasteiger partial charge in [0.25, 0.3) is 10.9 Å². The number of benzene rings is 2. The summed E-state index contributed by atoms with van der Waals surface area (Å²) in [6.45, 7) is 9.58. The summed E-state index contributed by atoms with van der Waals surface area (Å²) in [5.74, 6) is 14.4. The highest BCUT2D eigenvalue weighted by molar-refractivity contribution is 7.52. The summed E-state index contributed by atoms with van der Waals surface area (Å²) in [5, 5.41) is 3.55. The van der Waals surface area contributed by atoms with Gasteiger partial charge in [-0.2, -0.15) is 0 Å². The summed E-state index contributed by atoms with van der Waals surface area (Å²) in [6, 6.07) is 22.8. The predicted molar refractivity (Wildman–Crippen MR) is 196 cm³/mol.